The maximum atomic E-state index is 12.5. The third kappa shape index (κ3) is 6.39. The highest BCUT2D eigenvalue weighted by molar-refractivity contribution is 9.11. The van der Waals surface area contributed by atoms with Gasteiger partial charge in [-0.15, -0.1) is 0 Å². The van der Waals surface area contributed by atoms with E-state index in [1.165, 1.54) is 6.08 Å². The standard InChI is InChI=1S/C20H17Br2ClN2O2/c1-12(2)11-27-19-13(8-15(21)9-18(19)22)7-14(10-24)20(26)25-17-5-3-16(23)4-6-17/h3-9,12H,11H2,1-2H3,(H,25,26)/b14-7+. The molecular weight excluding hydrogens is 495 g/mol. The molecule has 2 rings (SSSR count). The van der Waals surface area contributed by atoms with E-state index in [9.17, 15) is 10.1 Å². The van der Waals surface area contributed by atoms with Crippen LogP contribution >= 0.6 is 43.5 Å². The first-order chi connectivity index (χ1) is 12.8. The van der Waals surface area contributed by atoms with E-state index < -0.39 is 5.91 Å². The molecular formula is C20H17Br2ClN2O2. The van der Waals surface area contributed by atoms with Crippen LogP contribution in [0.3, 0.4) is 0 Å². The topological polar surface area (TPSA) is 62.1 Å². The van der Waals surface area contributed by atoms with Gasteiger partial charge in [0.1, 0.15) is 17.4 Å². The second kappa shape index (κ2) is 9.93. The minimum atomic E-state index is -0.509. The summed E-state index contributed by atoms with van der Waals surface area (Å²) in [4.78, 5) is 12.5. The zero-order chi connectivity index (χ0) is 20.0. The summed E-state index contributed by atoms with van der Waals surface area (Å²) in [5, 5.41) is 12.7. The van der Waals surface area contributed by atoms with Gasteiger partial charge in [0.25, 0.3) is 5.91 Å². The number of nitriles is 1. The van der Waals surface area contributed by atoms with E-state index in [0.29, 0.717) is 34.5 Å². The Kier molecular flexibility index (Phi) is 7.91. The maximum absolute atomic E-state index is 12.5. The Bertz CT molecular complexity index is 903. The predicted octanol–water partition coefficient (Wildman–Crippen LogP) is 6.45. The minimum Gasteiger partial charge on any atom is -0.492 e. The number of rotatable bonds is 6. The number of nitrogens with one attached hydrogen (secondary N) is 1. The van der Waals surface area contributed by atoms with Gasteiger partial charge in [-0.3, -0.25) is 4.79 Å². The summed E-state index contributed by atoms with van der Waals surface area (Å²) in [5.74, 6) is 0.408. The first kappa shape index (κ1) is 21.5. The Morgan fingerprint density at radius 1 is 1.30 bits per heavy atom. The minimum absolute atomic E-state index is 0.0376. The van der Waals surface area contributed by atoms with Crippen LogP contribution in [0, 0.1) is 17.2 Å². The van der Waals surface area contributed by atoms with Crippen LogP contribution in [0.4, 0.5) is 5.69 Å². The normalized spacial score (nSPS) is 11.2. The van der Waals surface area contributed by atoms with Crippen molar-refractivity contribution in [2.75, 3.05) is 11.9 Å². The van der Waals surface area contributed by atoms with Crippen LogP contribution in [0.25, 0.3) is 6.08 Å². The third-order valence-corrected chi connectivity index (χ3v) is 4.66. The molecule has 0 aromatic heterocycles. The Hall–Kier alpha value is -1.81. The van der Waals surface area contributed by atoms with E-state index in [4.69, 9.17) is 16.3 Å². The van der Waals surface area contributed by atoms with Gasteiger partial charge < -0.3 is 10.1 Å². The van der Waals surface area contributed by atoms with Crippen LogP contribution in [0.2, 0.25) is 5.02 Å². The molecule has 0 fully saturated rings. The van der Waals surface area contributed by atoms with Gasteiger partial charge in [-0.25, -0.2) is 0 Å². The highest BCUT2D eigenvalue weighted by atomic mass is 79.9. The van der Waals surface area contributed by atoms with E-state index in [-0.39, 0.29) is 5.57 Å². The molecule has 0 saturated heterocycles. The molecule has 27 heavy (non-hydrogen) atoms. The zero-order valence-electron chi connectivity index (χ0n) is 14.7. The molecule has 2 aromatic carbocycles. The molecule has 0 atom stereocenters. The van der Waals surface area contributed by atoms with Crippen molar-refractivity contribution in [2.45, 2.75) is 13.8 Å². The zero-order valence-corrected chi connectivity index (χ0v) is 18.7. The summed E-state index contributed by atoms with van der Waals surface area (Å²) in [7, 11) is 0. The van der Waals surface area contributed by atoms with Crippen molar-refractivity contribution < 1.29 is 9.53 Å². The summed E-state index contributed by atoms with van der Waals surface area (Å²) in [5.41, 5.74) is 1.14. The van der Waals surface area contributed by atoms with Gasteiger partial charge in [0, 0.05) is 20.7 Å². The molecule has 0 unspecified atom stereocenters. The lowest BCUT2D eigenvalue weighted by atomic mass is 10.1. The number of nitrogens with zero attached hydrogens (tertiary/aromatic N) is 1. The summed E-state index contributed by atoms with van der Waals surface area (Å²) in [6, 6.07) is 12.3. The summed E-state index contributed by atoms with van der Waals surface area (Å²) in [6.45, 7) is 4.60. The van der Waals surface area contributed by atoms with Crippen molar-refractivity contribution in [2.24, 2.45) is 5.92 Å². The van der Waals surface area contributed by atoms with Crippen molar-refractivity contribution in [3.05, 3.63) is 61.5 Å². The predicted molar refractivity (Wildman–Crippen MR) is 116 cm³/mol. The Balaban J connectivity index is 2.34. The largest absolute Gasteiger partial charge is 0.492 e. The van der Waals surface area contributed by atoms with E-state index >= 15 is 0 Å². The number of hydrogen-bond donors (Lipinski definition) is 1. The van der Waals surface area contributed by atoms with Gasteiger partial charge in [-0.1, -0.05) is 41.4 Å². The lowest BCUT2D eigenvalue weighted by molar-refractivity contribution is -0.112. The van der Waals surface area contributed by atoms with Crippen LogP contribution in [-0.2, 0) is 4.79 Å². The van der Waals surface area contributed by atoms with E-state index in [1.54, 1.807) is 30.3 Å². The molecule has 1 amide bonds. The summed E-state index contributed by atoms with van der Waals surface area (Å²) in [6.07, 6.45) is 1.51. The van der Waals surface area contributed by atoms with Crippen LogP contribution in [0.5, 0.6) is 5.75 Å². The van der Waals surface area contributed by atoms with Gasteiger partial charge in [-0.05, 0) is 64.3 Å². The Morgan fingerprint density at radius 3 is 2.56 bits per heavy atom. The molecule has 0 aliphatic carbocycles. The number of carbonyl (C=O) groups is 1. The monoisotopic (exact) mass is 510 g/mol. The molecule has 0 aliphatic rings. The molecule has 1 N–H and O–H groups in total. The van der Waals surface area contributed by atoms with Gasteiger partial charge in [-0.2, -0.15) is 5.26 Å². The number of carbonyl (C=O) groups excluding carboxylic acids is 1. The van der Waals surface area contributed by atoms with Crippen molar-refractivity contribution in [1.82, 2.24) is 0 Å². The van der Waals surface area contributed by atoms with E-state index in [1.807, 2.05) is 26.0 Å². The summed E-state index contributed by atoms with van der Waals surface area (Å²) >= 11 is 12.7. The lowest BCUT2D eigenvalue weighted by Crippen LogP contribution is -2.13. The average Bonchev–Trinajstić information content (AvgIpc) is 2.60. The van der Waals surface area contributed by atoms with Crippen LogP contribution in [0.1, 0.15) is 19.4 Å². The van der Waals surface area contributed by atoms with Crippen molar-refractivity contribution in [3.8, 4) is 11.8 Å². The average molecular weight is 513 g/mol. The number of hydrogen-bond acceptors (Lipinski definition) is 3. The van der Waals surface area contributed by atoms with Crippen molar-refractivity contribution >= 4 is 61.1 Å². The molecule has 0 saturated carbocycles. The van der Waals surface area contributed by atoms with Gasteiger partial charge in [0.05, 0.1) is 11.1 Å². The number of benzene rings is 2. The van der Waals surface area contributed by atoms with Gasteiger partial charge in [0.2, 0.25) is 0 Å². The Morgan fingerprint density at radius 2 is 1.96 bits per heavy atom. The van der Waals surface area contributed by atoms with Gasteiger partial charge >= 0.3 is 0 Å². The summed E-state index contributed by atoms with van der Waals surface area (Å²) < 4.78 is 7.41. The molecule has 7 heteroatoms. The van der Waals surface area contributed by atoms with E-state index in [2.05, 4.69) is 37.2 Å². The second-order valence-electron chi connectivity index (χ2n) is 6.14. The second-order valence-corrected chi connectivity index (χ2v) is 8.35. The van der Waals surface area contributed by atoms with Gasteiger partial charge in [0.15, 0.2) is 0 Å². The van der Waals surface area contributed by atoms with Crippen LogP contribution in [-0.4, -0.2) is 12.5 Å². The maximum Gasteiger partial charge on any atom is 0.266 e. The molecule has 140 valence electrons. The molecule has 0 radical (unpaired) electrons. The first-order valence-corrected chi connectivity index (χ1v) is 10.1. The number of ether oxygens (including phenoxy) is 1. The smallest absolute Gasteiger partial charge is 0.266 e. The Labute approximate surface area is 180 Å². The third-order valence-electron chi connectivity index (χ3n) is 3.37. The fraction of sp³-hybridized carbons (Fsp3) is 0.200. The molecule has 2 aromatic rings. The van der Waals surface area contributed by atoms with E-state index in [0.717, 1.165) is 8.95 Å². The highest BCUT2D eigenvalue weighted by Crippen LogP contribution is 2.34. The fourth-order valence-corrected chi connectivity index (χ4v) is 3.62. The number of amides is 1. The van der Waals surface area contributed by atoms with Crippen LogP contribution < -0.4 is 10.1 Å². The van der Waals surface area contributed by atoms with Crippen LogP contribution in [0.15, 0.2) is 50.9 Å². The fourth-order valence-electron chi connectivity index (χ4n) is 2.13. The molecule has 4 nitrogen and oxygen atoms in total. The first-order valence-electron chi connectivity index (χ1n) is 8.10. The number of halogens is 3. The van der Waals surface area contributed by atoms with Crippen molar-refractivity contribution in [3.63, 3.8) is 0 Å². The SMILES string of the molecule is CC(C)COc1c(Br)cc(Br)cc1/C=C(\C#N)C(=O)Nc1ccc(Cl)cc1. The van der Waals surface area contributed by atoms with Crippen molar-refractivity contribution in [1.29, 1.82) is 5.26 Å². The molecule has 0 spiro atoms. The molecule has 0 heterocycles. The molecule has 0 aliphatic heterocycles. The highest BCUT2D eigenvalue weighted by Gasteiger charge is 2.14. The molecule has 0 bridgehead atoms. The lowest BCUT2D eigenvalue weighted by Gasteiger charge is -2.14. The number of anilines is 1. The quantitative estimate of drug-likeness (QED) is 0.358.